The van der Waals surface area contributed by atoms with Crippen molar-refractivity contribution in [3.8, 4) is 5.75 Å². The summed E-state index contributed by atoms with van der Waals surface area (Å²) in [7, 11) is 0. The van der Waals surface area contributed by atoms with Gasteiger partial charge in [0.1, 0.15) is 5.75 Å². The van der Waals surface area contributed by atoms with Crippen LogP contribution in [0, 0.1) is 0 Å². The van der Waals surface area contributed by atoms with Gasteiger partial charge in [-0.15, -0.1) is 0 Å². The van der Waals surface area contributed by atoms with E-state index >= 15 is 0 Å². The molecule has 0 fully saturated rings. The lowest BCUT2D eigenvalue weighted by Gasteiger charge is -2.21. The third kappa shape index (κ3) is 1.83. The summed E-state index contributed by atoms with van der Waals surface area (Å²) in [5.41, 5.74) is 12.0. The average molecular weight is 265 g/mol. The summed E-state index contributed by atoms with van der Waals surface area (Å²) in [6.45, 7) is 0.806. The molecule has 2 aromatic rings. The number of fused-ring (bicyclic) bond motifs is 2. The van der Waals surface area contributed by atoms with Gasteiger partial charge in [0.15, 0.2) is 0 Å². The van der Waals surface area contributed by atoms with Gasteiger partial charge in [-0.1, -0.05) is 36.4 Å². The third-order valence-electron chi connectivity index (χ3n) is 4.71. The predicted octanol–water partition coefficient (Wildman–Crippen LogP) is 3.35. The first-order valence-corrected chi connectivity index (χ1v) is 7.42. The molecule has 0 amide bonds. The Hall–Kier alpha value is -1.80. The van der Waals surface area contributed by atoms with Crippen LogP contribution in [0.15, 0.2) is 42.5 Å². The number of ether oxygens (including phenoxy) is 1. The van der Waals surface area contributed by atoms with Crippen LogP contribution in [0.2, 0.25) is 0 Å². The summed E-state index contributed by atoms with van der Waals surface area (Å²) in [4.78, 5) is 0. The fourth-order valence-electron chi connectivity index (χ4n) is 3.61. The zero-order chi connectivity index (χ0) is 13.5. The highest BCUT2D eigenvalue weighted by atomic mass is 16.5. The van der Waals surface area contributed by atoms with E-state index in [4.69, 9.17) is 10.5 Å². The minimum absolute atomic E-state index is 0.0875. The molecular weight excluding hydrogens is 246 g/mol. The molecule has 0 bridgehead atoms. The number of hydrogen-bond acceptors (Lipinski definition) is 2. The zero-order valence-electron chi connectivity index (χ0n) is 11.5. The Bertz CT molecular complexity index is 650. The first kappa shape index (κ1) is 12.0. The van der Waals surface area contributed by atoms with Crippen LogP contribution in [0.1, 0.15) is 40.6 Å². The van der Waals surface area contributed by atoms with Crippen LogP contribution in [0.3, 0.4) is 0 Å². The topological polar surface area (TPSA) is 35.2 Å². The second-order valence-electron chi connectivity index (χ2n) is 5.84. The van der Waals surface area contributed by atoms with E-state index in [0.717, 1.165) is 31.6 Å². The summed E-state index contributed by atoms with van der Waals surface area (Å²) in [6, 6.07) is 15.3. The molecule has 1 aliphatic carbocycles. The second-order valence-corrected chi connectivity index (χ2v) is 5.84. The fourth-order valence-corrected chi connectivity index (χ4v) is 3.61. The van der Waals surface area contributed by atoms with Crippen molar-refractivity contribution in [2.75, 3.05) is 6.61 Å². The standard InChI is InChI=1S/C18H19NO/c19-18(14-6-8-17-13(11-14)9-10-20-17)16-7-5-12-3-1-2-4-15(12)16/h1-4,6,8,11,16,18H,5,7,9-10,19H2. The Labute approximate surface area is 119 Å². The highest BCUT2D eigenvalue weighted by Crippen LogP contribution is 2.41. The highest BCUT2D eigenvalue weighted by Gasteiger charge is 2.28. The van der Waals surface area contributed by atoms with Crippen molar-refractivity contribution >= 4 is 0 Å². The maximum Gasteiger partial charge on any atom is 0.122 e. The van der Waals surface area contributed by atoms with Crippen LogP contribution in [-0.4, -0.2) is 6.61 Å². The smallest absolute Gasteiger partial charge is 0.122 e. The van der Waals surface area contributed by atoms with Crippen molar-refractivity contribution < 1.29 is 4.74 Å². The molecule has 0 spiro atoms. The lowest BCUT2D eigenvalue weighted by atomic mass is 9.88. The van der Waals surface area contributed by atoms with Gasteiger partial charge in [0.05, 0.1) is 6.61 Å². The molecule has 0 radical (unpaired) electrons. The molecule has 0 saturated heterocycles. The summed E-state index contributed by atoms with van der Waals surface area (Å²) in [6.07, 6.45) is 3.33. The van der Waals surface area contributed by atoms with Crippen LogP contribution in [0.25, 0.3) is 0 Å². The molecule has 2 atom stereocenters. The number of aryl methyl sites for hydroxylation is 1. The maximum absolute atomic E-state index is 6.57. The van der Waals surface area contributed by atoms with Crippen LogP contribution < -0.4 is 10.5 Å². The van der Waals surface area contributed by atoms with Gasteiger partial charge in [0, 0.05) is 18.4 Å². The first-order chi connectivity index (χ1) is 9.83. The summed E-state index contributed by atoms with van der Waals surface area (Å²) in [5, 5.41) is 0. The number of benzene rings is 2. The minimum Gasteiger partial charge on any atom is -0.493 e. The Balaban J connectivity index is 1.67. The van der Waals surface area contributed by atoms with E-state index in [1.165, 1.54) is 22.3 Å². The van der Waals surface area contributed by atoms with E-state index < -0.39 is 0 Å². The van der Waals surface area contributed by atoms with Gasteiger partial charge in [-0.3, -0.25) is 0 Å². The van der Waals surface area contributed by atoms with E-state index in [1.807, 2.05) is 0 Å². The molecule has 2 aliphatic rings. The number of rotatable bonds is 2. The molecule has 0 saturated carbocycles. The molecule has 1 heterocycles. The van der Waals surface area contributed by atoms with Crippen LogP contribution in [0.5, 0.6) is 5.75 Å². The predicted molar refractivity (Wildman–Crippen MR) is 80.1 cm³/mol. The first-order valence-electron chi connectivity index (χ1n) is 7.42. The van der Waals surface area contributed by atoms with Crippen LogP contribution in [-0.2, 0) is 12.8 Å². The fraction of sp³-hybridized carbons (Fsp3) is 0.333. The van der Waals surface area contributed by atoms with E-state index in [9.17, 15) is 0 Å². The second kappa shape index (κ2) is 4.64. The molecule has 102 valence electrons. The normalized spacial score (nSPS) is 21.1. The molecule has 4 rings (SSSR count). The lowest BCUT2D eigenvalue weighted by Crippen LogP contribution is -2.18. The van der Waals surface area contributed by atoms with Gasteiger partial charge in [-0.2, -0.15) is 0 Å². The Kier molecular flexibility index (Phi) is 2.78. The molecule has 2 N–H and O–H groups in total. The third-order valence-corrected chi connectivity index (χ3v) is 4.71. The van der Waals surface area contributed by atoms with Crippen molar-refractivity contribution in [3.63, 3.8) is 0 Å². The SMILES string of the molecule is NC(c1ccc2c(c1)CCO2)C1CCc2ccccc21. The molecule has 0 aromatic heterocycles. The molecule has 20 heavy (non-hydrogen) atoms. The van der Waals surface area contributed by atoms with E-state index in [2.05, 4.69) is 42.5 Å². The molecule has 2 aromatic carbocycles. The van der Waals surface area contributed by atoms with Gasteiger partial charge in [0.25, 0.3) is 0 Å². The molecule has 2 unspecified atom stereocenters. The molecule has 2 nitrogen and oxygen atoms in total. The van der Waals surface area contributed by atoms with E-state index in [-0.39, 0.29) is 6.04 Å². The van der Waals surface area contributed by atoms with Crippen LogP contribution >= 0.6 is 0 Å². The Morgan fingerprint density at radius 1 is 1.05 bits per heavy atom. The van der Waals surface area contributed by atoms with Crippen molar-refractivity contribution in [2.45, 2.75) is 31.2 Å². The molecule has 2 heteroatoms. The van der Waals surface area contributed by atoms with Crippen molar-refractivity contribution in [2.24, 2.45) is 5.73 Å². The van der Waals surface area contributed by atoms with Gasteiger partial charge < -0.3 is 10.5 Å². The quantitative estimate of drug-likeness (QED) is 0.903. The summed E-state index contributed by atoms with van der Waals surface area (Å²) >= 11 is 0. The lowest BCUT2D eigenvalue weighted by molar-refractivity contribution is 0.356. The van der Waals surface area contributed by atoms with Crippen molar-refractivity contribution in [3.05, 3.63) is 64.7 Å². The van der Waals surface area contributed by atoms with E-state index in [1.54, 1.807) is 0 Å². The van der Waals surface area contributed by atoms with Crippen LogP contribution in [0.4, 0.5) is 0 Å². The Morgan fingerprint density at radius 3 is 2.90 bits per heavy atom. The molecule has 1 aliphatic heterocycles. The summed E-state index contributed by atoms with van der Waals surface area (Å²) < 4.78 is 5.57. The van der Waals surface area contributed by atoms with Gasteiger partial charge in [-0.05, 0) is 41.2 Å². The Morgan fingerprint density at radius 2 is 1.95 bits per heavy atom. The minimum atomic E-state index is 0.0875. The van der Waals surface area contributed by atoms with Crippen molar-refractivity contribution in [1.82, 2.24) is 0 Å². The van der Waals surface area contributed by atoms with E-state index in [0.29, 0.717) is 5.92 Å². The van der Waals surface area contributed by atoms with Gasteiger partial charge in [-0.25, -0.2) is 0 Å². The number of hydrogen-bond donors (Lipinski definition) is 1. The monoisotopic (exact) mass is 265 g/mol. The zero-order valence-corrected chi connectivity index (χ0v) is 11.5. The summed E-state index contributed by atoms with van der Waals surface area (Å²) in [5.74, 6) is 1.49. The highest BCUT2D eigenvalue weighted by molar-refractivity contribution is 5.43. The van der Waals surface area contributed by atoms with Gasteiger partial charge in [0.2, 0.25) is 0 Å². The van der Waals surface area contributed by atoms with Crippen molar-refractivity contribution in [1.29, 1.82) is 0 Å². The largest absolute Gasteiger partial charge is 0.493 e. The average Bonchev–Trinajstić information content (AvgIpc) is 3.12. The van der Waals surface area contributed by atoms with Gasteiger partial charge >= 0.3 is 0 Å². The molecular formula is C18H19NO. The maximum atomic E-state index is 6.57. The number of nitrogens with two attached hydrogens (primary N) is 1.